The molecule has 138 valence electrons. The number of aliphatic hydroxyl groups is 1. The Balaban J connectivity index is 0.00000288. The van der Waals surface area contributed by atoms with Gasteiger partial charge >= 0.3 is 6.18 Å². The number of rotatable bonds is 6. The van der Waals surface area contributed by atoms with E-state index in [2.05, 4.69) is 0 Å². The van der Waals surface area contributed by atoms with Gasteiger partial charge in [-0.1, -0.05) is 38.0 Å². The monoisotopic (exact) mass is 365 g/mol. The standard InChI is InChI=1S/C18H26F3NO.ClH/c1-4-7-15(23)16(22(2)3)17(10-6-11-17)13-8-5-9-14(12-13)18(19,20)21;/h5,8-9,12,15-16,23H,4,6-7,10-11H2,1-3H3;1H. The van der Waals surface area contributed by atoms with Crippen molar-refractivity contribution in [1.29, 1.82) is 0 Å². The molecule has 2 unspecified atom stereocenters. The van der Waals surface area contributed by atoms with Crippen molar-refractivity contribution in [3.63, 3.8) is 0 Å². The van der Waals surface area contributed by atoms with Gasteiger partial charge in [-0.2, -0.15) is 13.2 Å². The molecule has 0 heterocycles. The van der Waals surface area contributed by atoms with Gasteiger partial charge in [0, 0.05) is 11.5 Å². The van der Waals surface area contributed by atoms with Gasteiger partial charge in [0.25, 0.3) is 0 Å². The summed E-state index contributed by atoms with van der Waals surface area (Å²) in [6, 6.07) is 5.48. The molecule has 1 saturated carbocycles. The van der Waals surface area contributed by atoms with Gasteiger partial charge in [-0.3, -0.25) is 0 Å². The van der Waals surface area contributed by atoms with Crippen LogP contribution in [0.15, 0.2) is 24.3 Å². The van der Waals surface area contributed by atoms with E-state index in [9.17, 15) is 18.3 Å². The molecule has 0 amide bonds. The van der Waals surface area contributed by atoms with Gasteiger partial charge in [0.15, 0.2) is 0 Å². The highest BCUT2D eigenvalue weighted by atomic mass is 35.5. The molecule has 1 N–H and O–H groups in total. The van der Waals surface area contributed by atoms with Gasteiger partial charge in [-0.25, -0.2) is 0 Å². The van der Waals surface area contributed by atoms with Crippen LogP contribution < -0.4 is 0 Å². The van der Waals surface area contributed by atoms with Crippen LogP contribution in [-0.2, 0) is 11.6 Å². The van der Waals surface area contributed by atoms with Gasteiger partial charge < -0.3 is 10.0 Å². The Morgan fingerprint density at radius 1 is 1.25 bits per heavy atom. The average Bonchev–Trinajstić information content (AvgIpc) is 2.41. The molecular weight excluding hydrogens is 339 g/mol. The van der Waals surface area contributed by atoms with E-state index in [4.69, 9.17) is 0 Å². The van der Waals surface area contributed by atoms with Crippen molar-refractivity contribution < 1.29 is 18.3 Å². The average molecular weight is 366 g/mol. The Bertz CT molecular complexity index is 529. The molecule has 1 aromatic carbocycles. The fourth-order valence-corrected chi connectivity index (χ4v) is 3.98. The zero-order chi connectivity index (χ0) is 17.3. The highest BCUT2D eigenvalue weighted by Gasteiger charge is 2.49. The van der Waals surface area contributed by atoms with E-state index in [0.717, 1.165) is 31.7 Å². The van der Waals surface area contributed by atoms with Crippen LogP contribution >= 0.6 is 12.4 Å². The van der Waals surface area contributed by atoms with Gasteiger partial charge in [-0.05, 0) is 45.0 Å². The first kappa shape index (κ1) is 21.3. The van der Waals surface area contributed by atoms with E-state index in [1.165, 1.54) is 12.1 Å². The Morgan fingerprint density at radius 3 is 2.29 bits per heavy atom. The highest BCUT2D eigenvalue weighted by molar-refractivity contribution is 5.85. The van der Waals surface area contributed by atoms with E-state index in [-0.39, 0.29) is 23.9 Å². The molecule has 2 rings (SSSR count). The number of halogens is 4. The summed E-state index contributed by atoms with van der Waals surface area (Å²) >= 11 is 0. The third-order valence-corrected chi connectivity index (χ3v) is 5.08. The number of likely N-dealkylation sites (N-methyl/N-ethyl adjacent to an activating group) is 1. The maximum absolute atomic E-state index is 13.1. The topological polar surface area (TPSA) is 23.5 Å². The molecule has 0 aliphatic heterocycles. The predicted molar refractivity (Wildman–Crippen MR) is 92.6 cm³/mol. The first-order valence-corrected chi connectivity index (χ1v) is 8.24. The number of hydrogen-bond acceptors (Lipinski definition) is 2. The van der Waals surface area contributed by atoms with E-state index in [1.54, 1.807) is 6.07 Å². The summed E-state index contributed by atoms with van der Waals surface area (Å²) in [5, 5.41) is 10.6. The van der Waals surface area contributed by atoms with Crippen molar-refractivity contribution in [2.75, 3.05) is 14.1 Å². The fourth-order valence-electron chi connectivity index (χ4n) is 3.98. The van der Waals surface area contributed by atoms with Crippen molar-refractivity contribution in [2.24, 2.45) is 0 Å². The number of hydrogen-bond donors (Lipinski definition) is 1. The smallest absolute Gasteiger partial charge is 0.391 e. The second-order valence-corrected chi connectivity index (χ2v) is 6.85. The van der Waals surface area contributed by atoms with E-state index < -0.39 is 17.8 Å². The Hall–Kier alpha value is -0.780. The number of nitrogens with zero attached hydrogens (tertiary/aromatic N) is 1. The van der Waals surface area contributed by atoms with Crippen molar-refractivity contribution in [3.05, 3.63) is 35.4 Å². The molecule has 1 aliphatic carbocycles. The molecule has 1 aromatic rings. The predicted octanol–water partition coefficient (Wildman–Crippen LogP) is 4.64. The van der Waals surface area contributed by atoms with Crippen molar-refractivity contribution in [3.8, 4) is 0 Å². The molecule has 6 heteroatoms. The van der Waals surface area contributed by atoms with Crippen LogP contribution in [0.25, 0.3) is 0 Å². The van der Waals surface area contributed by atoms with Crippen LogP contribution in [-0.4, -0.2) is 36.2 Å². The number of benzene rings is 1. The molecule has 0 spiro atoms. The Kier molecular flexibility index (Phi) is 7.15. The van der Waals surface area contributed by atoms with E-state index >= 15 is 0 Å². The van der Waals surface area contributed by atoms with Crippen molar-refractivity contribution in [2.45, 2.75) is 62.8 Å². The summed E-state index contributed by atoms with van der Waals surface area (Å²) in [6.45, 7) is 2.01. The molecule has 24 heavy (non-hydrogen) atoms. The Labute approximate surface area is 148 Å². The van der Waals surface area contributed by atoms with E-state index in [1.807, 2.05) is 25.9 Å². The SMILES string of the molecule is CCCC(O)C(N(C)C)C1(c2cccc(C(F)(F)F)c2)CCC1.Cl. The van der Waals surface area contributed by atoms with Crippen molar-refractivity contribution in [1.82, 2.24) is 4.90 Å². The second kappa shape index (κ2) is 8.07. The molecule has 0 aromatic heterocycles. The molecule has 0 saturated heterocycles. The highest BCUT2D eigenvalue weighted by Crippen LogP contribution is 2.50. The third-order valence-electron chi connectivity index (χ3n) is 5.08. The zero-order valence-electron chi connectivity index (χ0n) is 14.4. The maximum atomic E-state index is 13.1. The Morgan fingerprint density at radius 2 is 1.88 bits per heavy atom. The first-order chi connectivity index (χ1) is 10.7. The lowest BCUT2D eigenvalue weighted by Gasteiger charge is -2.52. The summed E-state index contributed by atoms with van der Waals surface area (Å²) < 4.78 is 39.2. The summed E-state index contributed by atoms with van der Waals surface area (Å²) in [7, 11) is 3.80. The lowest BCUT2D eigenvalue weighted by Crippen LogP contribution is -2.57. The van der Waals surface area contributed by atoms with Crippen LogP contribution in [0.1, 0.15) is 50.2 Å². The number of alkyl halides is 3. The minimum absolute atomic E-state index is 0. The summed E-state index contributed by atoms with van der Waals surface area (Å²) in [4.78, 5) is 1.97. The van der Waals surface area contributed by atoms with Crippen LogP contribution in [0.2, 0.25) is 0 Å². The minimum atomic E-state index is -4.34. The zero-order valence-corrected chi connectivity index (χ0v) is 15.3. The first-order valence-electron chi connectivity index (χ1n) is 8.24. The molecule has 1 aliphatic rings. The largest absolute Gasteiger partial charge is 0.416 e. The molecular formula is C18H27ClF3NO. The normalized spacial score (nSPS) is 19.3. The second-order valence-electron chi connectivity index (χ2n) is 6.85. The quantitative estimate of drug-likeness (QED) is 0.793. The van der Waals surface area contributed by atoms with Crippen LogP contribution in [0.5, 0.6) is 0 Å². The minimum Gasteiger partial charge on any atom is -0.391 e. The maximum Gasteiger partial charge on any atom is 0.416 e. The van der Waals surface area contributed by atoms with Gasteiger partial charge in [-0.15, -0.1) is 12.4 Å². The van der Waals surface area contributed by atoms with Crippen LogP contribution in [0, 0.1) is 0 Å². The van der Waals surface area contributed by atoms with Crippen LogP contribution in [0.3, 0.4) is 0 Å². The summed E-state index contributed by atoms with van der Waals surface area (Å²) in [6.07, 6.45) is -0.746. The molecule has 0 bridgehead atoms. The van der Waals surface area contributed by atoms with Gasteiger partial charge in [0.1, 0.15) is 0 Å². The fraction of sp³-hybridized carbons (Fsp3) is 0.667. The molecule has 1 fully saturated rings. The van der Waals surface area contributed by atoms with E-state index in [0.29, 0.717) is 12.0 Å². The van der Waals surface area contributed by atoms with Crippen LogP contribution in [0.4, 0.5) is 13.2 Å². The molecule has 2 atom stereocenters. The molecule has 2 nitrogen and oxygen atoms in total. The lowest BCUT2D eigenvalue weighted by atomic mass is 9.58. The summed E-state index contributed by atoms with van der Waals surface area (Å²) in [5.41, 5.74) is -0.296. The lowest BCUT2D eigenvalue weighted by molar-refractivity contribution is -0.137. The van der Waals surface area contributed by atoms with Gasteiger partial charge in [0.05, 0.1) is 11.7 Å². The molecule has 0 radical (unpaired) electrons. The third kappa shape index (κ3) is 4.06. The number of aliphatic hydroxyl groups excluding tert-OH is 1. The van der Waals surface area contributed by atoms with Gasteiger partial charge in [0.2, 0.25) is 0 Å². The summed E-state index contributed by atoms with van der Waals surface area (Å²) in [5.74, 6) is 0. The van der Waals surface area contributed by atoms with Crippen molar-refractivity contribution >= 4 is 12.4 Å².